The SMILES string of the molecule is N#Cc1ccc(S(=O)(=O)N2CCC(CCn3sc4ccccc4c3=O)CC2)cc1. The van der Waals surface area contributed by atoms with Crippen LogP contribution in [-0.2, 0) is 16.6 Å². The summed E-state index contributed by atoms with van der Waals surface area (Å²) in [6, 6.07) is 15.7. The minimum absolute atomic E-state index is 0.0615. The molecule has 0 unspecified atom stereocenters. The van der Waals surface area contributed by atoms with Crippen molar-refractivity contribution in [2.45, 2.75) is 30.7 Å². The van der Waals surface area contributed by atoms with Crippen LogP contribution in [0.4, 0.5) is 0 Å². The Morgan fingerprint density at radius 3 is 2.41 bits per heavy atom. The molecule has 150 valence electrons. The highest BCUT2D eigenvalue weighted by molar-refractivity contribution is 7.89. The summed E-state index contributed by atoms with van der Waals surface area (Å²) in [7, 11) is -3.53. The van der Waals surface area contributed by atoms with Crippen LogP contribution in [0.5, 0.6) is 0 Å². The number of aryl methyl sites for hydroxylation is 1. The second-order valence-corrected chi connectivity index (χ2v) is 10.3. The van der Waals surface area contributed by atoms with Gasteiger partial charge in [0.2, 0.25) is 10.0 Å². The number of fused-ring (bicyclic) bond motifs is 1. The number of piperidine rings is 1. The molecule has 0 spiro atoms. The molecule has 0 N–H and O–H groups in total. The van der Waals surface area contributed by atoms with Gasteiger partial charge in [-0.1, -0.05) is 23.7 Å². The Labute approximate surface area is 173 Å². The highest BCUT2D eigenvalue weighted by Crippen LogP contribution is 2.27. The summed E-state index contributed by atoms with van der Waals surface area (Å²) in [5.41, 5.74) is 0.505. The van der Waals surface area contributed by atoms with Gasteiger partial charge in [0.15, 0.2) is 0 Å². The van der Waals surface area contributed by atoms with E-state index in [0.717, 1.165) is 29.3 Å². The van der Waals surface area contributed by atoms with E-state index in [1.165, 1.54) is 40.1 Å². The Balaban J connectivity index is 1.37. The molecular formula is C21H21N3O3S2. The zero-order chi connectivity index (χ0) is 20.4. The summed E-state index contributed by atoms with van der Waals surface area (Å²) in [5.74, 6) is 0.402. The van der Waals surface area contributed by atoms with E-state index in [1.54, 1.807) is 0 Å². The number of nitrogens with zero attached hydrogens (tertiary/aromatic N) is 3. The summed E-state index contributed by atoms with van der Waals surface area (Å²) in [4.78, 5) is 12.7. The van der Waals surface area contributed by atoms with E-state index < -0.39 is 10.0 Å². The van der Waals surface area contributed by atoms with E-state index in [2.05, 4.69) is 0 Å². The highest BCUT2D eigenvalue weighted by Gasteiger charge is 2.29. The van der Waals surface area contributed by atoms with Crippen LogP contribution in [0.2, 0.25) is 0 Å². The van der Waals surface area contributed by atoms with E-state index in [1.807, 2.05) is 34.3 Å². The Morgan fingerprint density at radius 2 is 1.76 bits per heavy atom. The topological polar surface area (TPSA) is 83.2 Å². The van der Waals surface area contributed by atoms with E-state index in [-0.39, 0.29) is 10.5 Å². The highest BCUT2D eigenvalue weighted by atomic mass is 32.2. The molecule has 1 fully saturated rings. The molecule has 1 aromatic heterocycles. The minimum atomic E-state index is -3.53. The summed E-state index contributed by atoms with van der Waals surface area (Å²) in [6.45, 7) is 1.63. The third-order valence-corrected chi connectivity index (χ3v) is 8.52. The van der Waals surface area contributed by atoms with Crippen molar-refractivity contribution in [3.05, 3.63) is 64.4 Å². The molecule has 0 radical (unpaired) electrons. The van der Waals surface area contributed by atoms with Gasteiger partial charge in [-0.3, -0.25) is 8.75 Å². The van der Waals surface area contributed by atoms with Crippen molar-refractivity contribution in [1.29, 1.82) is 5.26 Å². The van der Waals surface area contributed by atoms with E-state index >= 15 is 0 Å². The van der Waals surface area contributed by atoms with Crippen molar-refractivity contribution in [3.63, 3.8) is 0 Å². The molecule has 2 heterocycles. The molecular weight excluding hydrogens is 406 g/mol. The molecule has 0 bridgehead atoms. The maximum absolute atomic E-state index is 12.8. The van der Waals surface area contributed by atoms with Gasteiger partial charge in [0.05, 0.1) is 26.6 Å². The van der Waals surface area contributed by atoms with Crippen molar-refractivity contribution < 1.29 is 8.42 Å². The van der Waals surface area contributed by atoms with E-state index in [9.17, 15) is 13.2 Å². The normalized spacial score (nSPS) is 16.1. The molecule has 1 saturated heterocycles. The lowest BCUT2D eigenvalue weighted by molar-refractivity contribution is 0.257. The lowest BCUT2D eigenvalue weighted by Gasteiger charge is -2.31. The van der Waals surface area contributed by atoms with Crippen LogP contribution in [0.15, 0.2) is 58.2 Å². The Morgan fingerprint density at radius 1 is 1.07 bits per heavy atom. The van der Waals surface area contributed by atoms with Crippen LogP contribution < -0.4 is 5.56 Å². The van der Waals surface area contributed by atoms with E-state index in [0.29, 0.717) is 31.1 Å². The van der Waals surface area contributed by atoms with Crippen LogP contribution >= 0.6 is 11.5 Å². The Hall–Kier alpha value is -2.47. The number of hydrogen-bond acceptors (Lipinski definition) is 5. The number of rotatable bonds is 5. The summed E-state index contributed by atoms with van der Waals surface area (Å²) >= 11 is 1.49. The molecule has 0 aliphatic carbocycles. The van der Waals surface area contributed by atoms with Crippen LogP contribution in [0.25, 0.3) is 10.1 Å². The first-order valence-corrected chi connectivity index (χ1v) is 11.8. The number of sulfonamides is 1. The summed E-state index contributed by atoms with van der Waals surface area (Å²) in [5, 5.41) is 9.63. The molecule has 3 aromatic rings. The molecule has 4 rings (SSSR count). The molecule has 0 saturated carbocycles. The molecule has 0 atom stereocenters. The predicted molar refractivity (Wildman–Crippen MR) is 113 cm³/mol. The second-order valence-electron chi connectivity index (χ2n) is 7.27. The number of benzene rings is 2. The van der Waals surface area contributed by atoms with Gasteiger partial charge in [-0.05, 0) is 61.6 Å². The molecule has 6 nitrogen and oxygen atoms in total. The maximum Gasteiger partial charge on any atom is 0.268 e. The molecule has 29 heavy (non-hydrogen) atoms. The molecule has 0 amide bonds. The quantitative estimate of drug-likeness (QED) is 0.625. The summed E-state index contributed by atoms with van der Waals surface area (Å²) in [6.07, 6.45) is 2.45. The maximum atomic E-state index is 12.8. The summed E-state index contributed by atoms with van der Waals surface area (Å²) < 4.78 is 30.0. The first kappa shape index (κ1) is 19.8. The van der Waals surface area contributed by atoms with Gasteiger partial charge in [0, 0.05) is 19.6 Å². The van der Waals surface area contributed by atoms with Crippen LogP contribution in [0.3, 0.4) is 0 Å². The van der Waals surface area contributed by atoms with Gasteiger partial charge in [-0.15, -0.1) is 0 Å². The lowest BCUT2D eigenvalue weighted by atomic mass is 9.95. The second kappa shape index (κ2) is 8.11. The third kappa shape index (κ3) is 3.99. The van der Waals surface area contributed by atoms with Gasteiger partial charge in [0.1, 0.15) is 0 Å². The van der Waals surface area contributed by atoms with Crippen molar-refractivity contribution in [3.8, 4) is 6.07 Å². The van der Waals surface area contributed by atoms with Gasteiger partial charge >= 0.3 is 0 Å². The zero-order valence-electron chi connectivity index (χ0n) is 15.8. The number of aromatic nitrogens is 1. The minimum Gasteiger partial charge on any atom is -0.268 e. The fourth-order valence-electron chi connectivity index (χ4n) is 3.75. The van der Waals surface area contributed by atoms with Crippen molar-refractivity contribution in [2.24, 2.45) is 5.92 Å². The monoisotopic (exact) mass is 427 g/mol. The van der Waals surface area contributed by atoms with Gasteiger partial charge in [-0.2, -0.15) is 9.57 Å². The number of hydrogen-bond donors (Lipinski definition) is 0. The smallest absolute Gasteiger partial charge is 0.268 e. The third-order valence-electron chi connectivity index (χ3n) is 5.49. The predicted octanol–water partition coefficient (Wildman–Crippen LogP) is 3.43. The zero-order valence-corrected chi connectivity index (χ0v) is 17.5. The fraction of sp³-hybridized carbons (Fsp3) is 0.333. The van der Waals surface area contributed by atoms with E-state index in [4.69, 9.17) is 5.26 Å². The molecule has 8 heteroatoms. The molecule has 1 aliphatic heterocycles. The Kier molecular flexibility index (Phi) is 5.54. The van der Waals surface area contributed by atoms with Gasteiger partial charge in [-0.25, -0.2) is 8.42 Å². The van der Waals surface area contributed by atoms with Crippen LogP contribution in [0, 0.1) is 17.2 Å². The standard InChI is InChI=1S/C21H21N3O3S2/c22-15-17-5-7-18(8-6-17)29(26,27)23-12-9-16(10-13-23)11-14-24-21(25)19-3-1-2-4-20(19)28-24/h1-8,16H,9-14H2. The first-order valence-electron chi connectivity index (χ1n) is 9.58. The first-order chi connectivity index (χ1) is 14.0. The average Bonchev–Trinajstić information content (AvgIpc) is 3.08. The van der Waals surface area contributed by atoms with Crippen LogP contribution in [-0.4, -0.2) is 29.8 Å². The van der Waals surface area contributed by atoms with Crippen molar-refractivity contribution >= 4 is 31.6 Å². The number of nitriles is 1. The van der Waals surface area contributed by atoms with Gasteiger partial charge < -0.3 is 0 Å². The van der Waals surface area contributed by atoms with Gasteiger partial charge in [0.25, 0.3) is 5.56 Å². The van der Waals surface area contributed by atoms with Crippen LogP contribution in [0.1, 0.15) is 24.8 Å². The Bertz CT molecular complexity index is 1210. The lowest BCUT2D eigenvalue weighted by Crippen LogP contribution is -2.38. The molecule has 1 aliphatic rings. The van der Waals surface area contributed by atoms with Crippen molar-refractivity contribution in [1.82, 2.24) is 8.26 Å². The average molecular weight is 428 g/mol. The molecule has 2 aromatic carbocycles. The fourth-order valence-corrected chi connectivity index (χ4v) is 6.23. The van der Waals surface area contributed by atoms with Crippen molar-refractivity contribution in [2.75, 3.05) is 13.1 Å². The largest absolute Gasteiger partial charge is 0.268 e.